The Balaban J connectivity index is 1.64. The molecule has 0 aliphatic carbocycles. The maximum Gasteiger partial charge on any atom is 0.0619 e. The second kappa shape index (κ2) is 6.55. The molecule has 0 spiro atoms. The molecule has 2 fully saturated rings. The summed E-state index contributed by atoms with van der Waals surface area (Å²) in [6.45, 7) is 9.15. The van der Waals surface area contributed by atoms with Gasteiger partial charge in [0.05, 0.1) is 19.8 Å². The summed E-state index contributed by atoms with van der Waals surface area (Å²) in [5, 5.41) is 3.66. The lowest BCUT2D eigenvalue weighted by atomic mass is 10.1. The fourth-order valence-electron chi connectivity index (χ4n) is 2.50. The predicted octanol–water partition coefficient (Wildman–Crippen LogP) is 0.476. The van der Waals surface area contributed by atoms with Gasteiger partial charge in [-0.05, 0) is 19.8 Å². The molecule has 0 aromatic carbocycles. The quantitative estimate of drug-likeness (QED) is 0.758. The summed E-state index contributed by atoms with van der Waals surface area (Å²) < 4.78 is 10.8. The molecule has 2 atom stereocenters. The molecular weight excluding hydrogens is 204 g/mol. The van der Waals surface area contributed by atoms with E-state index in [1.165, 1.54) is 12.8 Å². The SMILES string of the molecule is CC(CN1CCOCC1)NC1CCCOC1. The monoisotopic (exact) mass is 228 g/mol. The minimum Gasteiger partial charge on any atom is -0.380 e. The second-order valence-corrected chi connectivity index (χ2v) is 4.89. The van der Waals surface area contributed by atoms with Crippen molar-refractivity contribution >= 4 is 0 Å². The number of hydrogen-bond acceptors (Lipinski definition) is 4. The summed E-state index contributed by atoms with van der Waals surface area (Å²) >= 11 is 0. The van der Waals surface area contributed by atoms with Crippen molar-refractivity contribution in [2.75, 3.05) is 46.1 Å². The zero-order chi connectivity index (χ0) is 11.2. The summed E-state index contributed by atoms with van der Waals surface area (Å²) in [6, 6.07) is 1.11. The van der Waals surface area contributed by atoms with Gasteiger partial charge in [0.2, 0.25) is 0 Å². The van der Waals surface area contributed by atoms with Crippen LogP contribution in [0.25, 0.3) is 0 Å². The topological polar surface area (TPSA) is 33.7 Å². The lowest BCUT2D eigenvalue weighted by Crippen LogP contribution is -2.49. The van der Waals surface area contributed by atoms with Crippen LogP contribution in [0.3, 0.4) is 0 Å². The molecule has 0 bridgehead atoms. The van der Waals surface area contributed by atoms with E-state index in [1.54, 1.807) is 0 Å². The molecule has 94 valence electrons. The van der Waals surface area contributed by atoms with Crippen molar-refractivity contribution in [1.29, 1.82) is 0 Å². The van der Waals surface area contributed by atoms with Crippen molar-refractivity contribution in [3.05, 3.63) is 0 Å². The zero-order valence-corrected chi connectivity index (χ0v) is 10.3. The van der Waals surface area contributed by atoms with Gasteiger partial charge in [0, 0.05) is 38.3 Å². The Kier molecular flexibility index (Phi) is 5.03. The highest BCUT2D eigenvalue weighted by molar-refractivity contribution is 4.76. The highest BCUT2D eigenvalue weighted by atomic mass is 16.5. The van der Waals surface area contributed by atoms with Crippen molar-refractivity contribution in [2.24, 2.45) is 0 Å². The third kappa shape index (κ3) is 4.01. The second-order valence-electron chi connectivity index (χ2n) is 4.89. The van der Waals surface area contributed by atoms with Crippen LogP contribution in [0, 0.1) is 0 Å². The molecule has 0 radical (unpaired) electrons. The maximum atomic E-state index is 5.48. The predicted molar refractivity (Wildman–Crippen MR) is 63.7 cm³/mol. The Hall–Kier alpha value is -0.160. The third-order valence-corrected chi connectivity index (χ3v) is 3.32. The first kappa shape index (κ1) is 12.3. The molecule has 2 heterocycles. The minimum absolute atomic E-state index is 0.546. The Morgan fingerprint density at radius 2 is 2.06 bits per heavy atom. The van der Waals surface area contributed by atoms with Crippen LogP contribution in [0.5, 0.6) is 0 Å². The number of hydrogen-bond donors (Lipinski definition) is 1. The van der Waals surface area contributed by atoms with E-state index in [4.69, 9.17) is 9.47 Å². The highest BCUT2D eigenvalue weighted by Crippen LogP contribution is 2.07. The molecule has 0 saturated carbocycles. The molecular formula is C12H24N2O2. The first-order valence-corrected chi connectivity index (χ1v) is 6.48. The van der Waals surface area contributed by atoms with E-state index in [-0.39, 0.29) is 0 Å². The zero-order valence-electron chi connectivity index (χ0n) is 10.3. The summed E-state index contributed by atoms with van der Waals surface area (Å²) in [4.78, 5) is 2.48. The molecule has 0 aromatic heterocycles. The van der Waals surface area contributed by atoms with E-state index in [2.05, 4.69) is 17.1 Å². The van der Waals surface area contributed by atoms with Gasteiger partial charge in [0.1, 0.15) is 0 Å². The molecule has 4 heteroatoms. The van der Waals surface area contributed by atoms with Crippen LogP contribution in [0.15, 0.2) is 0 Å². The maximum absolute atomic E-state index is 5.48. The fraction of sp³-hybridized carbons (Fsp3) is 1.00. The lowest BCUT2D eigenvalue weighted by molar-refractivity contribution is 0.0296. The van der Waals surface area contributed by atoms with Gasteiger partial charge in [-0.15, -0.1) is 0 Å². The van der Waals surface area contributed by atoms with Crippen molar-refractivity contribution < 1.29 is 9.47 Å². The van der Waals surface area contributed by atoms with Crippen LogP contribution >= 0.6 is 0 Å². The largest absolute Gasteiger partial charge is 0.380 e. The first-order valence-electron chi connectivity index (χ1n) is 6.48. The molecule has 16 heavy (non-hydrogen) atoms. The van der Waals surface area contributed by atoms with Crippen molar-refractivity contribution in [2.45, 2.75) is 31.8 Å². The van der Waals surface area contributed by atoms with Crippen molar-refractivity contribution in [3.8, 4) is 0 Å². The van der Waals surface area contributed by atoms with Crippen LogP contribution < -0.4 is 5.32 Å². The molecule has 0 amide bonds. The number of rotatable bonds is 4. The third-order valence-electron chi connectivity index (χ3n) is 3.32. The average molecular weight is 228 g/mol. The van der Waals surface area contributed by atoms with Gasteiger partial charge in [0.15, 0.2) is 0 Å². The Bertz CT molecular complexity index is 169. The van der Waals surface area contributed by atoms with E-state index in [1.807, 2.05) is 0 Å². The van der Waals surface area contributed by atoms with E-state index < -0.39 is 0 Å². The number of nitrogens with one attached hydrogen (secondary N) is 1. The molecule has 2 rings (SSSR count). The number of nitrogens with zero attached hydrogens (tertiary/aromatic N) is 1. The van der Waals surface area contributed by atoms with Crippen molar-refractivity contribution in [1.82, 2.24) is 10.2 Å². The van der Waals surface area contributed by atoms with E-state index in [9.17, 15) is 0 Å². The van der Waals surface area contributed by atoms with Crippen LogP contribution in [-0.2, 0) is 9.47 Å². The molecule has 0 aromatic rings. The number of ether oxygens (including phenoxy) is 2. The number of morpholine rings is 1. The normalized spacial score (nSPS) is 30.2. The lowest BCUT2D eigenvalue weighted by Gasteiger charge is -2.32. The van der Waals surface area contributed by atoms with Crippen LogP contribution in [0.4, 0.5) is 0 Å². The van der Waals surface area contributed by atoms with E-state index in [0.717, 1.165) is 46.1 Å². The van der Waals surface area contributed by atoms with Crippen LogP contribution in [-0.4, -0.2) is 63.0 Å². The average Bonchev–Trinajstić information content (AvgIpc) is 2.31. The van der Waals surface area contributed by atoms with E-state index in [0.29, 0.717) is 12.1 Å². The van der Waals surface area contributed by atoms with E-state index >= 15 is 0 Å². The standard InChI is InChI=1S/C12H24N2O2/c1-11(9-14-4-7-15-8-5-14)13-12-3-2-6-16-10-12/h11-13H,2-10H2,1H3. The fourth-order valence-corrected chi connectivity index (χ4v) is 2.50. The molecule has 2 aliphatic rings. The van der Waals surface area contributed by atoms with Gasteiger partial charge in [-0.2, -0.15) is 0 Å². The van der Waals surface area contributed by atoms with Crippen LogP contribution in [0.2, 0.25) is 0 Å². The Morgan fingerprint density at radius 3 is 2.75 bits per heavy atom. The van der Waals surface area contributed by atoms with Gasteiger partial charge < -0.3 is 14.8 Å². The molecule has 2 aliphatic heterocycles. The van der Waals surface area contributed by atoms with Crippen molar-refractivity contribution in [3.63, 3.8) is 0 Å². The molecule has 2 unspecified atom stereocenters. The van der Waals surface area contributed by atoms with Gasteiger partial charge in [0.25, 0.3) is 0 Å². The van der Waals surface area contributed by atoms with Gasteiger partial charge in [-0.25, -0.2) is 0 Å². The highest BCUT2D eigenvalue weighted by Gasteiger charge is 2.18. The molecule has 2 saturated heterocycles. The smallest absolute Gasteiger partial charge is 0.0619 e. The van der Waals surface area contributed by atoms with Gasteiger partial charge in [-0.1, -0.05) is 0 Å². The minimum atomic E-state index is 0.546. The summed E-state index contributed by atoms with van der Waals surface area (Å²) in [5.74, 6) is 0. The summed E-state index contributed by atoms with van der Waals surface area (Å²) in [5.41, 5.74) is 0. The summed E-state index contributed by atoms with van der Waals surface area (Å²) in [7, 11) is 0. The molecule has 1 N–H and O–H groups in total. The first-order chi connectivity index (χ1) is 7.84. The molecule has 4 nitrogen and oxygen atoms in total. The van der Waals surface area contributed by atoms with Gasteiger partial charge >= 0.3 is 0 Å². The Labute approximate surface area is 98.3 Å². The summed E-state index contributed by atoms with van der Waals surface area (Å²) in [6.07, 6.45) is 2.45. The Morgan fingerprint density at radius 1 is 1.25 bits per heavy atom. The van der Waals surface area contributed by atoms with Crippen LogP contribution in [0.1, 0.15) is 19.8 Å². The van der Waals surface area contributed by atoms with Gasteiger partial charge in [-0.3, -0.25) is 4.90 Å².